The summed E-state index contributed by atoms with van der Waals surface area (Å²) in [6.45, 7) is 4.23. The average Bonchev–Trinajstić information content (AvgIpc) is 1.99. The topological polar surface area (TPSA) is 17.1 Å². The van der Waals surface area contributed by atoms with Crippen LogP contribution in [0.4, 0.5) is 0 Å². The molecule has 1 rings (SSSR count). The molecule has 1 nitrogen and oxygen atoms in total. The summed E-state index contributed by atoms with van der Waals surface area (Å²) in [7, 11) is 0. The number of hydrogen-bond acceptors (Lipinski definition) is 1. The first-order valence-electron chi connectivity index (χ1n) is 4.79. The Labute approximate surface area is 69.2 Å². The summed E-state index contributed by atoms with van der Waals surface area (Å²) in [5.41, 5.74) is 0. The van der Waals surface area contributed by atoms with Crippen LogP contribution in [0, 0.1) is 11.8 Å². The number of carbonyl (C=O) groups excluding carboxylic acids is 1. The van der Waals surface area contributed by atoms with Crippen molar-refractivity contribution in [2.24, 2.45) is 11.8 Å². The third-order valence-electron chi connectivity index (χ3n) is 2.71. The summed E-state index contributed by atoms with van der Waals surface area (Å²) in [5, 5.41) is 0. The number of ketones is 1. The van der Waals surface area contributed by atoms with E-state index in [1.165, 1.54) is 6.42 Å². The molecule has 0 amide bonds. The summed E-state index contributed by atoms with van der Waals surface area (Å²) in [4.78, 5) is 11.5. The Morgan fingerprint density at radius 1 is 1.45 bits per heavy atom. The molecule has 0 bridgehead atoms. The quantitative estimate of drug-likeness (QED) is 0.597. The maximum atomic E-state index is 11.5. The van der Waals surface area contributed by atoms with E-state index in [1.54, 1.807) is 0 Å². The lowest BCUT2D eigenvalue weighted by molar-refractivity contribution is -0.128. The molecule has 64 valence electrons. The van der Waals surface area contributed by atoms with Crippen molar-refractivity contribution in [3.8, 4) is 0 Å². The van der Waals surface area contributed by atoms with E-state index in [9.17, 15) is 4.79 Å². The molecule has 1 heteroatoms. The van der Waals surface area contributed by atoms with E-state index in [4.69, 9.17) is 0 Å². The molecule has 0 aromatic rings. The first-order valence-corrected chi connectivity index (χ1v) is 4.79. The Bertz CT molecular complexity index is 138. The zero-order chi connectivity index (χ0) is 8.27. The lowest BCUT2D eigenvalue weighted by Crippen LogP contribution is -2.26. The van der Waals surface area contributed by atoms with Crippen LogP contribution in [0.2, 0.25) is 0 Å². The monoisotopic (exact) mass is 154 g/mol. The van der Waals surface area contributed by atoms with Crippen LogP contribution in [0.15, 0.2) is 0 Å². The van der Waals surface area contributed by atoms with Gasteiger partial charge in [-0.3, -0.25) is 4.79 Å². The van der Waals surface area contributed by atoms with Crippen LogP contribution in [0.25, 0.3) is 0 Å². The number of rotatable bonds is 2. The van der Waals surface area contributed by atoms with Crippen LogP contribution in [-0.4, -0.2) is 5.78 Å². The second kappa shape index (κ2) is 3.89. The van der Waals surface area contributed by atoms with Gasteiger partial charge < -0.3 is 0 Å². The van der Waals surface area contributed by atoms with Crippen molar-refractivity contribution < 1.29 is 4.79 Å². The third kappa shape index (κ3) is 2.05. The van der Waals surface area contributed by atoms with E-state index >= 15 is 0 Å². The smallest absolute Gasteiger partial charge is 0.138 e. The van der Waals surface area contributed by atoms with Gasteiger partial charge in [0.25, 0.3) is 0 Å². The van der Waals surface area contributed by atoms with Gasteiger partial charge in [0.1, 0.15) is 5.78 Å². The predicted octanol–water partition coefficient (Wildman–Crippen LogP) is 2.79. The van der Waals surface area contributed by atoms with Crippen LogP contribution in [0.3, 0.4) is 0 Å². The minimum Gasteiger partial charge on any atom is -0.299 e. The van der Waals surface area contributed by atoms with Gasteiger partial charge in [-0.05, 0) is 19.3 Å². The summed E-state index contributed by atoms with van der Waals surface area (Å²) in [6.07, 6.45) is 5.81. The Balaban J connectivity index is 2.44. The summed E-state index contributed by atoms with van der Waals surface area (Å²) in [6, 6.07) is 0. The van der Waals surface area contributed by atoms with Crippen molar-refractivity contribution in [1.82, 2.24) is 0 Å². The van der Waals surface area contributed by atoms with Crippen molar-refractivity contribution in [1.29, 1.82) is 0 Å². The van der Waals surface area contributed by atoms with Gasteiger partial charge in [-0.15, -0.1) is 0 Å². The van der Waals surface area contributed by atoms with Crippen LogP contribution in [0.1, 0.15) is 46.0 Å². The first kappa shape index (κ1) is 8.76. The molecule has 1 aliphatic rings. The van der Waals surface area contributed by atoms with Crippen molar-refractivity contribution in [2.45, 2.75) is 46.0 Å². The lowest BCUT2D eigenvalue weighted by Gasteiger charge is -2.24. The normalized spacial score (nSPS) is 32.4. The highest BCUT2D eigenvalue weighted by Crippen LogP contribution is 2.28. The second-order valence-electron chi connectivity index (χ2n) is 3.72. The molecule has 0 radical (unpaired) electrons. The molecule has 1 fully saturated rings. The van der Waals surface area contributed by atoms with Gasteiger partial charge in [-0.2, -0.15) is 0 Å². The number of carbonyl (C=O) groups is 1. The van der Waals surface area contributed by atoms with Gasteiger partial charge in [0.05, 0.1) is 0 Å². The lowest BCUT2D eigenvalue weighted by atomic mass is 9.79. The fourth-order valence-electron chi connectivity index (χ4n) is 1.99. The third-order valence-corrected chi connectivity index (χ3v) is 2.71. The Morgan fingerprint density at radius 2 is 2.18 bits per heavy atom. The van der Waals surface area contributed by atoms with Gasteiger partial charge in [-0.1, -0.05) is 26.7 Å². The zero-order valence-electron chi connectivity index (χ0n) is 7.60. The molecule has 11 heavy (non-hydrogen) atoms. The van der Waals surface area contributed by atoms with E-state index in [1.807, 2.05) is 0 Å². The standard InChI is InChI=1S/C10H18O/c1-3-5-9-7-4-6-8(2)10(9)11/h8-9H,3-7H2,1-2H3/t8-,9-/m1/s1. The Kier molecular flexibility index (Phi) is 3.10. The molecular weight excluding hydrogens is 136 g/mol. The highest BCUT2D eigenvalue weighted by atomic mass is 16.1. The minimum atomic E-state index is 0.347. The maximum absolute atomic E-state index is 11.5. The van der Waals surface area contributed by atoms with E-state index < -0.39 is 0 Å². The number of Topliss-reactive ketones (excluding diaryl/α,β-unsaturated/α-hetero) is 1. The molecule has 0 aliphatic heterocycles. The van der Waals surface area contributed by atoms with Crippen LogP contribution in [0.5, 0.6) is 0 Å². The zero-order valence-corrected chi connectivity index (χ0v) is 7.60. The van der Waals surface area contributed by atoms with Gasteiger partial charge in [0.2, 0.25) is 0 Å². The van der Waals surface area contributed by atoms with E-state index in [0.717, 1.165) is 25.7 Å². The largest absolute Gasteiger partial charge is 0.299 e. The van der Waals surface area contributed by atoms with E-state index in [-0.39, 0.29) is 0 Å². The predicted molar refractivity (Wildman–Crippen MR) is 46.4 cm³/mol. The first-order chi connectivity index (χ1) is 5.25. The molecular formula is C10H18O. The van der Waals surface area contributed by atoms with Crippen molar-refractivity contribution >= 4 is 5.78 Å². The molecule has 0 N–H and O–H groups in total. The highest BCUT2D eigenvalue weighted by Gasteiger charge is 2.26. The Hall–Kier alpha value is -0.330. The summed E-state index contributed by atoms with van der Waals surface area (Å²) < 4.78 is 0. The Morgan fingerprint density at radius 3 is 2.82 bits per heavy atom. The molecule has 0 saturated heterocycles. The van der Waals surface area contributed by atoms with E-state index in [0.29, 0.717) is 17.6 Å². The van der Waals surface area contributed by atoms with Crippen molar-refractivity contribution in [2.75, 3.05) is 0 Å². The van der Waals surface area contributed by atoms with Gasteiger partial charge >= 0.3 is 0 Å². The molecule has 0 heterocycles. The fourth-order valence-corrected chi connectivity index (χ4v) is 1.99. The minimum absolute atomic E-state index is 0.347. The van der Waals surface area contributed by atoms with Crippen LogP contribution >= 0.6 is 0 Å². The second-order valence-corrected chi connectivity index (χ2v) is 3.72. The van der Waals surface area contributed by atoms with Crippen molar-refractivity contribution in [3.05, 3.63) is 0 Å². The highest BCUT2D eigenvalue weighted by molar-refractivity contribution is 5.83. The molecule has 1 saturated carbocycles. The molecule has 1 aliphatic carbocycles. The SMILES string of the molecule is CCC[C@@H]1CCC[C@@H](C)C1=O. The van der Waals surface area contributed by atoms with Gasteiger partial charge in [-0.25, -0.2) is 0 Å². The summed E-state index contributed by atoms with van der Waals surface area (Å²) >= 11 is 0. The van der Waals surface area contributed by atoms with E-state index in [2.05, 4.69) is 13.8 Å². The summed E-state index contributed by atoms with van der Waals surface area (Å²) in [5.74, 6) is 1.28. The van der Waals surface area contributed by atoms with Gasteiger partial charge in [0.15, 0.2) is 0 Å². The molecule has 0 aromatic heterocycles. The molecule has 0 aromatic carbocycles. The fraction of sp³-hybridized carbons (Fsp3) is 0.900. The molecule has 0 spiro atoms. The molecule has 0 unspecified atom stereocenters. The maximum Gasteiger partial charge on any atom is 0.138 e. The number of hydrogen-bond donors (Lipinski definition) is 0. The van der Waals surface area contributed by atoms with Crippen LogP contribution < -0.4 is 0 Å². The molecule has 2 atom stereocenters. The van der Waals surface area contributed by atoms with Crippen molar-refractivity contribution in [3.63, 3.8) is 0 Å². The van der Waals surface area contributed by atoms with Gasteiger partial charge in [0, 0.05) is 11.8 Å². The van der Waals surface area contributed by atoms with Crippen LogP contribution in [-0.2, 0) is 4.79 Å². The average molecular weight is 154 g/mol.